The second-order valence-electron chi connectivity index (χ2n) is 6.14. The van der Waals surface area contributed by atoms with Gasteiger partial charge in [-0.15, -0.1) is 23.7 Å². The van der Waals surface area contributed by atoms with E-state index in [-0.39, 0.29) is 24.4 Å². The van der Waals surface area contributed by atoms with E-state index in [1.165, 1.54) is 11.3 Å². The van der Waals surface area contributed by atoms with Crippen LogP contribution in [0.4, 0.5) is 0 Å². The van der Waals surface area contributed by atoms with E-state index in [0.717, 1.165) is 36.5 Å². The largest absolute Gasteiger partial charge is 0.337 e. The van der Waals surface area contributed by atoms with Crippen LogP contribution in [0.1, 0.15) is 22.5 Å². The summed E-state index contributed by atoms with van der Waals surface area (Å²) in [7, 11) is 0. The fraction of sp³-hybridized carbons (Fsp3) is 0.438. The number of hydrogen-bond acceptors (Lipinski definition) is 5. The maximum Gasteiger partial charge on any atom is 0.265 e. The Bertz CT molecular complexity index is 692. The highest BCUT2D eigenvalue weighted by Crippen LogP contribution is 2.38. The molecule has 0 spiro atoms. The molecule has 7 heteroatoms. The van der Waals surface area contributed by atoms with E-state index in [1.807, 2.05) is 17.0 Å². The van der Waals surface area contributed by atoms with Crippen LogP contribution in [-0.2, 0) is 0 Å². The molecule has 0 radical (unpaired) electrons. The van der Waals surface area contributed by atoms with Gasteiger partial charge in [-0.2, -0.15) is 0 Å². The van der Waals surface area contributed by atoms with E-state index < -0.39 is 0 Å². The number of hydrogen-bond donors (Lipinski definition) is 1. The van der Waals surface area contributed by atoms with Gasteiger partial charge in [0.2, 0.25) is 0 Å². The Morgan fingerprint density at radius 3 is 2.78 bits per heavy atom. The van der Waals surface area contributed by atoms with Gasteiger partial charge in [0.25, 0.3) is 5.91 Å². The molecule has 1 aliphatic carbocycles. The summed E-state index contributed by atoms with van der Waals surface area (Å²) in [5.41, 5.74) is 7.15. The van der Waals surface area contributed by atoms with Gasteiger partial charge in [0.05, 0.1) is 6.20 Å². The van der Waals surface area contributed by atoms with Gasteiger partial charge in [-0.3, -0.25) is 9.78 Å². The number of aromatic nitrogens is 2. The van der Waals surface area contributed by atoms with Gasteiger partial charge in [0, 0.05) is 37.1 Å². The molecule has 1 saturated carbocycles. The summed E-state index contributed by atoms with van der Waals surface area (Å²) >= 11 is 1.45. The van der Waals surface area contributed by atoms with Crippen LogP contribution in [0, 0.1) is 11.8 Å². The molecule has 3 heterocycles. The maximum absolute atomic E-state index is 12.7. The Labute approximate surface area is 145 Å². The lowest BCUT2D eigenvalue weighted by Crippen LogP contribution is -2.33. The Balaban J connectivity index is 0.00000156. The Kier molecular flexibility index (Phi) is 4.66. The third-order valence-electron chi connectivity index (χ3n) is 4.84. The first-order chi connectivity index (χ1) is 10.7. The highest BCUT2D eigenvalue weighted by molar-refractivity contribution is 7.16. The van der Waals surface area contributed by atoms with Crippen LogP contribution in [0.15, 0.2) is 30.7 Å². The van der Waals surface area contributed by atoms with Gasteiger partial charge in [0.1, 0.15) is 9.88 Å². The summed E-state index contributed by atoms with van der Waals surface area (Å²) in [5.74, 6) is 1.17. The maximum atomic E-state index is 12.7. The second-order valence-corrected chi connectivity index (χ2v) is 7.17. The first-order valence-electron chi connectivity index (χ1n) is 7.63. The summed E-state index contributed by atoms with van der Waals surface area (Å²) < 4.78 is 0. The molecule has 0 bridgehead atoms. The summed E-state index contributed by atoms with van der Waals surface area (Å²) in [6.45, 7) is 1.65. The molecule has 2 aliphatic rings. The lowest BCUT2D eigenvalue weighted by molar-refractivity contribution is 0.0784. The number of fused-ring (bicyclic) bond motifs is 1. The van der Waals surface area contributed by atoms with Crippen molar-refractivity contribution in [3.8, 4) is 10.6 Å². The van der Waals surface area contributed by atoms with Crippen molar-refractivity contribution in [3.05, 3.63) is 35.6 Å². The number of nitrogens with two attached hydrogens (primary N) is 1. The lowest BCUT2D eigenvalue weighted by Gasteiger charge is -2.17. The molecule has 4 rings (SSSR count). The second kappa shape index (κ2) is 6.55. The molecule has 2 fully saturated rings. The molecule has 2 aromatic heterocycles. The number of rotatable bonds is 2. The van der Waals surface area contributed by atoms with Crippen molar-refractivity contribution in [2.24, 2.45) is 17.6 Å². The number of carbonyl (C=O) groups excluding carboxylic acids is 1. The number of thiazole rings is 1. The fourth-order valence-electron chi connectivity index (χ4n) is 3.63. The first kappa shape index (κ1) is 16.4. The monoisotopic (exact) mass is 350 g/mol. The summed E-state index contributed by atoms with van der Waals surface area (Å²) in [4.78, 5) is 23.7. The summed E-state index contributed by atoms with van der Waals surface area (Å²) in [5, 5.41) is 0.863. The molecule has 0 aromatic carbocycles. The Morgan fingerprint density at radius 1 is 1.26 bits per heavy atom. The van der Waals surface area contributed by atoms with Crippen LogP contribution in [0.5, 0.6) is 0 Å². The number of pyridine rings is 1. The minimum absolute atomic E-state index is 0. The van der Waals surface area contributed by atoms with Gasteiger partial charge >= 0.3 is 0 Å². The number of halogens is 1. The number of carbonyl (C=O) groups is 1. The molecular weight excluding hydrogens is 332 g/mol. The van der Waals surface area contributed by atoms with Gasteiger partial charge < -0.3 is 10.6 Å². The van der Waals surface area contributed by atoms with E-state index in [1.54, 1.807) is 18.6 Å². The molecule has 122 valence electrons. The molecule has 1 saturated heterocycles. The van der Waals surface area contributed by atoms with Crippen molar-refractivity contribution in [1.82, 2.24) is 14.9 Å². The van der Waals surface area contributed by atoms with Crippen molar-refractivity contribution in [3.63, 3.8) is 0 Å². The molecule has 1 amide bonds. The number of likely N-dealkylation sites (tertiary alicyclic amines) is 1. The standard InChI is InChI=1S/C16H18N4OS.ClH/c17-13-2-1-11-8-20(9-12(11)13)16(21)14-7-19-15(22-14)10-3-5-18-6-4-10;/h3-7,11-13H,1-2,8-9,17H2;1H. The highest BCUT2D eigenvalue weighted by Gasteiger charge is 2.42. The SMILES string of the molecule is Cl.NC1CCC2CN(C(=O)c3cnc(-c4ccncc4)s3)CC12. The topological polar surface area (TPSA) is 72.1 Å². The fourth-order valence-corrected chi connectivity index (χ4v) is 4.52. The number of nitrogens with zero attached hydrogens (tertiary/aromatic N) is 3. The van der Waals surface area contributed by atoms with Crippen LogP contribution in [0.25, 0.3) is 10.6 Å². The van der Waals surface area contributed by atoms with Crippen LogP contribution in [0.2, 0.25) is 0 Å². The smallest absolute Gasteiger partial charge is 0.265 e. The molecular formula is C16H19ClN4OS. The quantitative estimate of drug-likeness (QED) is 0.902. The van der Waals surface area contributed by atoms with Gasteiger partial charge in [-0.05, 0) is 36.8 Å². The van der Waals surface area contributed by atoms with E-state index in [0.29, 0.717) is 16.7 Å². The first-order valence-corrected chi connectivity index (χ1v) is 8.45. The minimum Gasteiger partial charge on any atom is -0.337 e. The minimum atomic E-state index is 0. The van der Waals surface area contributed by atoms with Crippen LogP contribution < -0.4 is 5.73 Å². The van der Waals surface area contributed by atoms with E-state index in [2.05, 4.69) is 9.97 Å². The zero-order valence-electron chi connectivity index (χ0n) is 12.6. The molecule has 2 N–H and O–H groups in total. The van der Waals surface area contributed by atoms with Crippen LogP contribution in [-0.4, -0.2) is 39.9 Å². The lowest BCUT2D eigenvalue weighted by atomic mass is 9.98. The normalized spacial score (nSPS) is 26.0. The third kappa shape index (κ3) is 2.98. The van der Waals surface area contributed by atoms with Gasteiger partial charge in [-0.1, -0.05) is 0 Å². The molecule has 2 aromatic rings. The molecule has 3 unspecified atom stereocenters. The van der Waals surface area contributed by atoms with Crippen LogP contribution in [0.3, 0.4) is 0 Å². The van der Waals surface area contributed by atoms with Gasteiger partial charge in [0.15, 0.2) is 0 Å². The predicted octanol–water partition coefficient (Wildman–Crippen LogP) is 2.44. The van der Waals surface area contributed by atoms with Crippen molar-refractivity contribution in [2.75, 3.05) is 13.1 Å². The average Bonchev–Trinajstić information content (AvgIpc) is 3.25. The van der Waals surface area contributed by atoms with E-state index in [9.17, 15) is 4.79 Å². The van der Waals surface area contributed by atoms with Gasteiger partial charge in [-0.25, -0.2) is 4.98 Å². The zero-order valence-corrected chi connectivity index (χ0v) is 14.2. The number of amides is 1. The Morgan fingerprint density at radius 2 is 2.04 bits per heavy atom. The molecule has 3 atom stereocenters. The molecule has 5 nitrogen and oxygen atoms in total. The summed E-state index contributed by atoms with van der Waals surface area (Å²) in [6, 6.07) is 4.08. The predicted molar refractivity (Wildman–Crippen MR) is 92.7 cm³/mol. The van der Waals surface area contributed by atoms with Crippen LogP contribution >= 0.6 is 23.7 Å². The molecule has 1 aliphatic heterocycles. The van der Waals surface area contributed by atoms with E-state index >= 15 is 0 Å². The zero-order chi connectivity index (χ0) is 15.1. The molecule has 23 heavy (non-hydrogen) atoms. The average molecular weight is 351 g/mol. The highest BCUT2D eigenvalue weighted by atomic mass is 35.5. The third-order valence-corrected chi connectivity index (χ3v) is 5.88. The van der Waals surface area contributed by atoms with Crippen molar-refractivity contribution in [2.45, 2.75) is 18.9 Å². The van der Waals surface area contributed by atoms with Crippen molar-refractivity contribution >= 4 is 29.7 Å². The Hall–Kier alpha value is -1.50. The summed E-state index contributed by atoms with van der Waals surface area (Å²) in [6.07, 6.45) is 7.42. The van der Waals surface area contributed by atoms with E-state index in [4.69, 9.17) is 5.73 Å². The van der Waals surface area contributed by atoms with Crippen molar-refractivity contribution in [1.29, 1.82) is 0 Å². The van der Waals surface area contributed by atoms with Crippen molar-refractivity contribution < 1.29 is 4.79 Å².